The molecule has 3 atom stereocenters. The number of hydrogen-bond donors (Lipinski definition) is 3. The minimum absolute atomic E-state index is 0.00265. The SMILES string of the molecule is C=C1c2cccc(OCc3cccc(CN4CC(C)OC(C)C4)c3F)c2C(O)(O)N1C(CCC=O)C(=O)NC. The highest BCUT2D eigenvalue weighted by atomic mass is 19.1. The van der Waals surface area contributed by atoms with Crippen LogP contribution in [0.2, 0.25) is 0 Å². The van der Waals surface area contributed by atoms with Crippen LogP contribution in [0, 0.1) is 5.82 Å². The lowest BCUT2D eigenvalue weighted by atomic mass is 10.1. The summed E-state index contributed by atoms with van der Waals surface area (Å²) in [6.45, 7) is 9.67. The van der Waals surface area contributed by atoms with Gasteiger partial charge in [-0.3, -0.25) is 9.69 Å². The third-order valence-electron chi connectivity index (χ3n) is 7.15. The van der Waals surface area contributed by atoms with E-state index in [1.807, 2.05) is 13.8 Å². The number of morpholine rings is 1. The monoisotopic (exact) mass is 541 g/mol. The number of aldehydes is 1. The van der Waals surface area contributed by atoms with Gasteiger partial charge in [0.2, 0.25) is 5.91 Å². The van der Waals surface area contributed by atoms with Crippen LogP contribution >= 0.6 is 0 Å². The molecule has 0 aromatic heterocycles. The van der Waals surface area contributed by atoms with E-state index in [9.17, 15) is 19.8 Å². The summed E-state index contributed by atoms with van der Waals surface area (Å²) in [5, 5.41) is 25.1. The van der Waals surface area contributed by atoms with Gasteiger partial charge in [-0.05, 0) is 26.3 Å². The summed E-state index contributed by atoms with van der Waals surface area (Å²) in [5.74, 6) is -3.40. The van der Waals surface area contributed by atoms with Crippen molar-refractivity contribution in [2.75, 3.05) is 20.1 Å². The molecule has 0 spiro atoms. The van der Waals surface area contributed by atoms with Crippen molar-refractivity contribution in [1.82, 2.24) is 15.1 Å². The van der Waals surface area contributed by atoms with E-state index in [1.54, 1.807) is 36.4 Å². The first-order valence-electron chi connectivity index (χ1n) is 13.1. The van der Waals surface area contributed by atoms with E-state index >= 15 is 4.39 Å². The summed E-state index contributed by atoms with van der Waals surface area (Å²) in [4.78, 5) is 26.9. The zero-order valence-electron chi connectivity index (χ0n) is 22.5. The van der Waals surface area contributed by atoms with E-state index in [0.717, 1.165) is 4.90 Å². The van der Waals surface area contributed by atoms with E-state index in [4.69, 9.17) is 9.47 Å². The summed E-state index contributed by atoms with van der Waals surface area (Å²) in [7, 11) is 1.43. The van der Waals surface area contributed by atoms with Crippen molar-refractivity contribution in [3.63, 3.8) is 0 Å². The van der Waals surface area contributed by atoms with Crippen LogP contribution in [-0.4, -0.2) is 70.6 Å². The second-order valence-electron chi connectivity index (χ2n) is 10.1. The molecule has 0 bridgehead atoms. The summed E-state index contributed by atoms with van der Waals surface area (Å²) < 4.78 is 27.2. The van der Waals surface area contributed by atoms with Crippen LogP contribution in [0.15, 0.2) is 43.0 Å². The fourth-order valence-electron chi connectivity index (χ4n) is 5.53. The Morgan fingerprint density at radius 1 is 1.23 bits per heavy atom. The number of nitrogens with one attached hydrogen (secondary N) is 1. The number of fused-ring (bicyclic) bond motifs is 1. The Morgan fingerprint density at radius 2 is 1.90 bits per heavy atom. The summed E-state index contributed by atoms with van der Waals surface area (Å²) in [6.07, 6.45) is 0.882. The van der Waals surface area contributed by atoms with Gasteiger partial charge in [-0.15, -0.1) is 0 Å². The number of likely N-dealkylation sites (N-methyl/N-ethyl adjacent to an activating group) is 1. The van der Waals surface area contributed by atoms with Gasteiger partial charge in [0.15, 0.2) is 0 Å². The average molecular weight is 542 g/mol. The molecule has 210 valence electrons. The number of ether oxygens (including phenoxy) is 2. The van der Waals surface area contributed by atoms with Crippen molar-refractivity contribution in [1.29, 1.82) is 0 Å². The van der Waals surface area contributed by atoms with Crippen molar-refractivity contribution in [2.45, 2.75) is 64.0 Å². The molecule has 10 heteroatoms. The number of hydrogen-bond acceptors (Lipinski definition) is 8. The van der Waals surface area contributed by atoms with E-state index in [1.165, 1.54) is 7.05 Å². The molecule has 9 nitrogen and oxygen atoms in total. The highest BCUT2D eigenvalue weighted by Crippen LogP contribution is 2.48. The quantitative estimate of drug-likeness (QED) is 0.311. The molecule has 1 saturated heterocycles. The second kappa shape index (κ2) is 11.8. The number of carbonyl (C=O) groups is 2. The second-order valence-corrected chi connectivity index (χ2v) is 10.1. The molecule has 2 aromatic carbocycles. The molecule has 4 rings (SSSR count). The number of halogens is 1. The van der Waals surface area contributed by atoms with E-state index in [0.29, 0.717) is 42.6 Å². The average Bonchev–Trinajstić information content (AvgIpc) is 3.09. The third-order valence-corrected chi connectivity index (χ3v) is 7.15. The van der Waals surface area contributed by atoms with Crippen LogP contribution in [0.4, 0.5) is 4.39 Å². The molecule has 0 saturated carbocycles. The molecule has 2 aliphatic rings. The Hall–Kier alpha value is -3.31. The van der Waals surface area contributed by atoms with Gasteiger partial charge in [0.05, 0.1) is 17.8 Å². The van der Waals surface area contributed by atoms with Crippen LogP contribution in [0.25, 0.3) is 5.70 Å². The van der Waals surface area contributed by atoms with Gasteiger partial charge in [-0.2, -0.15) is 0 Å². The first-order valence-corrected chi connectivity index (χ1v) is 13.1. The minimum atomic E-state index is -2.65. The number of aliphatic hydroxyl groups is 2. The van der Waals surface area contributed by atoms with Crippen molar-refractivity contribution in [3.8, 4) is 5.75 Å². The molecule has 1 amide bonds. The Kier molecular flexibility index (Phi) is 8.70. The molecule has 39 heavy (non-hydrogen) atoms. The summed E-state index contributed by atoms with van der Waals surface area (Å²) in [5.41, 5.74) is 1.44. The lowest BCUT2D eigenvalue weighted by Crippen LogP contribution is -2.52. The normalized spacial score (nSPS) is 21.4. The molecular formula is C29H36FN3O6. The maximum atomic E-state index is 15.5. The van der Waals surface area contributed by atoms with E-state index in [-0.39, 0.29) is 54.5 Å². The fourth-order valence-corrected chi connectivity index (χ4v) is 5.53. The van der Waals surface area contributed by atoms with Crippen molar-refractivity contribution in [2.24, 2.45) is 0 Å². The predicted octanol–water partition coefficient (Wildman–Crippen LogP) is 2.49. The Bertz CT molecular complexity index is 1230. The van der Waals surface area contributed by atoms with Crippen LogP contribution in [-0.2, 0) is 33.4 Å². The molecule has 2 heterocycles. The highest BCUT2D eigenvalue weighted by molar-refractivity contribution is 5.85. The van der Waals surface area contributed by atoms with E-state index < -0.39 is 17.9 Å². The number of amides is 1. The van der Waals surface area contributed by atoms with Gasteiger partial charge in [0.1, 0.15) is 30.5 Å². The molecule has 2 aromatic rings. The Morgan fingerprint density at radius 3 is 2.56 bits per heavy atom. The smallest absolute Gasteiger partial charge is 0.280 e. The number of rotatable bonds is 10. The third kappa shape index (κ3) is 5.84. The molecule has 1 fully saturated rings. The minimum Gasteiger partial charge on any atom is -0.488 e. The number of nitrogens with zero attached hydrogens (tertiary/aromatic N) is 2. The lowest BCUT2D eigenvalue weighted by molar-refractivity contribution is -0.258. The molecule has 3 unspecified atom stereocenters. The summed E-state index contributed by atoms with van der Waals surface area (Å²) >= 11 is 0. The lowest BCUT2D eigenvalue weighted by Gasteiger charge is -2.37. The molecule has 2 aliphatic heterocycles. The Balaban J connectivity index is 1.57. The number of carbonyl (C=O) groups excluding carboxylic acids is 2. The standard InChI is InChI=1S/C29H36FN3O6/c1-18-14-32(15-19(2)39-18)16-21-8-5-9-22(27(21)30)17-38-25-12-6-10-23-20(3)33(29(36,37)26(23)25)24(11-7-13-34)28(35)31-4/h5-6,8-10,12-13,18-19,24,36-37H,3,7,11,14-17H2,1-2,4H3,(H,31,35). The first-order chi connectivity index (χ1) is 18.6. The van der Waals surface area contributed by atoms with Crippen LogP contribution in [0.5, 0.6) is 5.75 Å². The van der Waals surface area contributed by atoms with Crippen molar-refractivity contribution < 1.29 is 33.7 Å². The van der Waals surface area contributed by atoms with Gasteiger partial charge >= 0.3 is 0 Å². The Labute approximate surface area is 227 Å². The van der Waals surface area contributed by atoms with Crippen LogP contribution in [0.3, 0.4) is 0 Å². The zero-order valence-corrected chi connectivity index (χ0v) is 22.5. The van der Waals surface area contributed by atoms with Gasteiger partial charge in [-0.25, -0.2) is 4.39 Å². The molecular weight excluding hydrogens is 505 g/mol. The van der Waals surface area contributed by atoms with Gasteiger partial charge in [0, 0.05) is 55.5 Å². The summed E-state index contributed by atoms with van der Waals surface area (Å²) in [6, 6.07) is 8.93. The van der Waals surface area contributed by atoms with Gasteiger partial charge < -0.3 is 34.7 Å². The molecule has 0 radical (unpaired) electrons. The van der Waals surface area contributed by atoms with Crippen molar-refractivity contribution in [3.05, 3.63) is 71.0 Å². The number of benzene rings is 2. The fraction of sp³-hybridized carbons (Fsp3) is 0.448. The molecule has 0 aliphatic carbocycles. The van der Waals surface area contributed by atoms with Crippen LogP contribution < -0.4 is 10.1 Å². The maximum Gasteiger partial charge on any atom is 0.280 e. The molecule has 3 N–H and O–H groups in total. The highest BCUT2D eigenvalue weighted by Gasteiger charge is 2.51. The van der Waals surface area contributed by atoms with E-state index in [2.05, 4.69) is 16.8 Å². The first kappa shape index (κ1) is 28.7. The van der Waals surface area contributed by atoms with Crippen molar-refractivity contribution >= 4 is 17.9 Å². The van der Waals surface area contributed by atoms with Crippen LogP contribution in [0.1, 0.15) is 48.9 Å². The van der Waals surface area contributed by atoms with Gasteiger partial charge in [0.25, 0.3) is 5.91 Å². The topological polar surface area (TPSA) is 112 Å². The maximum absolute atomic E-state index is 15.5. The van der Waals surface area contributed by atoms with Gasteiger partial charge in [-0.1, -0.05) is 36.9 Å². The zero-order chi connectivity index (χ0) is 28.3. The predicted molar refractivity (Wildman–Crippen MR) is 143 cm³/mol. The largest absolute Gasteiger partial charge is 0.488 e.